The Bertz CT molecular complexity index is 102. The first-order valence-electron chi connectivity index (χ1n) is 5.99. The zero-order chi connectivity index (χ0) is 11.4. The fourth-order valence-corrected chi connectivity index (χ4v) is 1.21. The van der Waals surface area contributed by atoms with Gasteiger partial charge in [-0.05, 0) is 6.92 Å². The predicted molar refractivity (Wildman–Crippen MR) is 63.3 cm³/mol. The summed E-state index contributed by atoms with van der Waals surface area (Å²) in [6.45, 7) is 12.7. The molecular weight excluding hydrogens is 192 g/mol. The summed E-state index contributed by atoms with van der Waals surface area (Å²) in [7, 11) is 0. The number of nitrogens with one attached hydrogen (secondary N) is 2. The van der Waals surface area contributed by atoms with Gasteiger partial charge in [0.2, 0.25) is 0 Å². The summed E-state index contributed by atoms with van der Waals surface area (Å²) in [6, 6.07) is 0.564. The van der Waals surface area contributed by atoms with E-state index in [2.05, 4.69) is 17.6 Å². The lowest BCUT2D eigenvalue weighted by Crippen LogP contribution is -2.38. The zero-order valence-electron chi connectivity index (χ0n) is 10.3. The van der Waals surface area contributed by atoms with E-state index >= 15 is 0 Å². The third-order valence-electron chi connectivity index (χ3n) is 1.95. The molecule has 0 amide bonds. The molecule has 92 valence electrons. The average Bonchev–Trinajstić information content (AvgIpc) is 2.36. The van der Waals surface area contributed by atoms with Crippen LogP contribution in [-0.2, 0) is 9.47 Å². The molecule has 0 aromatic heterocycles. The highest BCUT2D eigenvalue weighted by atomic mass is 16.5. The maximum Gasteiger partial charge on any atom is 0.0617 e. The van der Waals surface area contributed by atoms with Crippen LogP contribution in [0, 0.1) is 0 Å². The van der Waals surface area contributed by atoms with Crippen molar-refractivity contribution in [1.29, 1.82) is 0 Å². The lowest BCUT2D eigenvalue weighted by molar-refractivity contribution is 0.0824. The van der Waals surface area contributed by atoms with Crippen molar-refractivity contribution in [3.63, 3.8) is 0 Å². The van der Waals surface area contributed by atoms with Crippen LogP contribution in [0.3, 0.4) is 0 Å². The van der Waals surface area contributed by atoms with Crippen LogP contribution in [0.5, 0.6) is 0 Å². The van der Waals surface area contributed by atoms with Crippen molar-refractivity contribution >= 4 is 0 Å². The minimum absolute atomic E-state index is 0.564. The van der Waals surface area contributed by atoms with Gasteiger partial charge in [0.05, 0.1) is 26.4 Å². The van der Waals surface area contributed by atoms with E-state index in [1.807, 2.05) is 13.8 Å². The second-order valence-corrected chi connectivity index (χ2v) is 3.29. The molecule has 1 unspecified atom stereocenters. The van der Waals surface area contributed by atoms with Crippen LogP contribution in [0.15, 0.2) is 0 Å². The lowest BCUT2D eigenvalue weighted by Gasteiger charge is -2.19. The van der Waals surface area contributed by atoms with Crippen LogP contribution in [-0.4, -0.2) is 52.1 Å². The normalized spacial score (nSPS) is 25.4. The minimum Gasteiger partial charge on any atom is -0.379 e. The Morgan fingerprint density at radius 2 is 1.53 bits per heavy atom. The van der Waals surface area contributed by atoms with Gasteiger partial charge in [-0.2, -0.15) is 0 Å². The average molecular weight is 218 g/mol. The number of hydrogen-bond donors (Lipinski definition) is 2. The van der Waals surface area contributed by atoms with Crippen LogP contribution < -0.4 is 10.6 Å². The van der Waals surface area contributed by atoms with E-state index in [-0.39, 0.29) is 0 Å². The minimum atomic E-state index is 0.564. The second-order valence-electron chi connectivity index (χ2n) is 3.29. The van der Waals surface area contributed by atoms with E-state index in [0.717, 1.165) is 46.1 Å². The van der Waals surface area contributed by atoms with E-state index in [4.69, 9.17) is 9.47 Å². The fourth-order valence-electron chi connectivity index (χ4n) is 1.21. The highest BCUT2D eigenvalue weighted by molar-refractivity contribution is 4.62. The van der Waals surface area contributed by atoms with E-state index in [1.54, 1.807) is 0 Å². The standard InChI is InChI=1S/C5H11NO.C4H9NO.C2H6/c1-5-4-7-3-2-6-5;1-3-6-4-2-5-1;1-2/h5-6H,2-4H2,1H3;5H,1-4H2;1-2H3. The number of rotatable bonds is 0. The Labute approximate surface area is 93.7 Å². The summed E-state index contributed by atoms with van der Waals surface area (Å²) < 4.78 is 10.1. The van der Waals surface area contributed by atoms with Gasteiger partial charge in [-0.1, -0.05) is 13.8 Å². The SMILES string of the molecule is C1COCCN1.CC.CC1COCCN1. The molecule has 2 fully saturated rings. The van der Waals surface area contributed by atoms with Crippen molar-refractivity contribution < 1.29 is 9.47 Å². The highest BCUT2D eigenvalue weighted by Gasteiger charge is 2.04. The molecule has 0 radical (unpaired) electrons. The topological polar surface area (TPSA) is 42.5 Å². The smallest absolute Gasteiger partial charge is 0.0617 e. The van der Waals surface area contributed by atoms with E-state index in [1.165, 1.54) is 0 Å². The second kappa shape index (κ2) is 11.9. The molecule has 0 aromatic carbocycles. The Morgan fingerprint density at radius 1 is 0.933 bits per heavy atom. The molecule has 2 aliphatic heterocycles. The monoisotopic (exact) mass is 218 g/mol. The molecule has 2 N–H and O–H groups in total. The van der Waals surface area contributed by atoms with Crippen molar-refractivity contribution in [2.24, 2.45) is 0 Å². The molecule has 2 heterocycles. The third kappa shape index (κ3) is 10.1. The van der Waals surface area contributed by atoms with Gasteiger partial charge in [-0.15, -0.1) is 0 Å². The predicted octanol–water partition coefficient (Wildman–Crippen LogP) is 0.627. The molecular formula is C11H26N2O2. The lowest BCUT2D eigenvalue weighted by atomic mass is 10.3. The number of ether oxygens (including phenoxy) is 2. The largest absolute Gasteiger partial charge is 0.379 e. The zero-order valence-corrected chi connectivity index (χ0v) is 10.3. The molecule has 2 rings (SSSR count). The first-order chi connectivity index (χ1) is 7.39. The van der Waals surface area contributed by atoms with E-state index in [0.29, 0.717) is 6.04 Å². The van der Waals surface area contributed by atoms with Gasteiger partial charge < -0.3 is 20.1 Å². The molecule has 4 heteroatoms. The van der Waals surface area contributed by atoms with Gasteiger partial charge in [0, 0.05) is 25.7 Å². The van der Waals surface area contributed by atoms with Crippen LogP contribution in [0.1, 0.15) is 20.8 Å². The van der Waals surface area contributed by atoms with Crippen molar-refractivity contribution in [3.05, 3.63) is 0 Å². The van der Waals surface area contributed by atoms with Gasteiger partial charge in [0.25, 0.3) is 0 Å². The van der Waals surface area contributed by atoms with Crippen LogP contribution in [0.25, 0.3) is 0 Å². The van der Waals surface area contributed by atoms with Crippen molar-refractivity contribution in [3.8, 4) is 0 Å². The van der Waals surface area contributed by atoms with Crippen molar-refractivity contribution in [1.82, 2.24) is 10.6 Å². The summed E-state index contributed by atoms with van der Waals surface area (Å²) in [5.41, 5.74) is 0. The molecule has 0 spiro atoms. The number of hydrogen-bond acceptors (Lipinski definition) is 4. The molecule has 2 aliphatic rings. The quantitative estimate of drug-likeness (QED) is 0.626. The van der Waals surface area contributed by atoms with Crippen LogP contribution in [0.2, 0.25) is 0 Å². The van der Waals surface area contributed by atoms with Gasteiger partial charge in [0.15, 0.2) is 0 Å². The van der Waals surface area contributed by atoms with Crippen LogP contribution >= 0.6 is 0 Å². The molecule has 0 aliphatic carbocycles. The summed E-state index contributed by atoms with van der Waals surface area (Å²) in [6.07, 6.45) is 0. The molecule has 4 nitrogen and oxygen atoms in total. The first-order valence-corrected chi connectivity index (χ1v) is 5.99. The van der Waals surface area contributed by atoms with E-state index in [9.17, 15) is 0 Å². The first kappa shape index (κ1) is 14.8. The molecule has 15 heavy (non-hydrogen) atoms. The molecule has 0 saturated carbocycles. The Balaban J connectivity index is 0.000000227. The third-order valence-corrected chi connectivity index (χ3v) is 1.95. The summed E-state index contributed by atoms with van der Waals surface area (Å²) in [5.74, 6) is 0. The van der Waals surface area contributed by atoms with Crippen LogP contribution in [0.4, 0.5) is 0 Å². The van der Waals surface area contributed by atoms with Gasteiger partial charge in [0.1, 0.15) is 0 Å². The summed E-state index contributed by atoms with van der Waals surface area (Å²) >= 11 is 0. The van der Waals surface area contributed by atoms with Crippen molar-refractivity contribution in [2.45, 2.75) is 26.8 Å². The molecule has 1 atom stereocenters. The molecule has 2 saturated heterocycles. The fraction of sp³-hybridized carbons (Fsp3) is 1.00. The number of morpholine rings is 2. The summed E-state index contributed by atoms with van der Waals surface area (Å²) in [5, 5.41) is 6.42. The van der Waals surface area contributed by atoms with Crippen molar-refractivity contribution in [2.75, 3.05) is 46.1 Å². The Morgan fingerprint density at radius 3 is 1.73 bits per heavy atom. The van der Waals surface area contributed by atoms with E-state index < -0.39 is 0 Å². The highest BCUT2D eigenvalue weighted by Crippen LogP contribution is 1.88. The van der Waals surface area contributed by atoms with Gasteiger partial charge in [-0.3, -0.25) is 0 Å². The Hall–Kier alpha value is -0.160. The molecule has 0 bridgehead atoms. The molecule has 0 aromatic rings. The maximum absolute atomic E-state index is 5.12. The van der Waals surface area contributed by atoms with Gasteiger partial charge in [-0.25, -0.2) is 0 Å². The maximum atomic E-state index is 5.12. The Kier molecular flexibility index (Phi) is 11.8. The van der Waals surface area contributed by atoms with Gasteiger partial charge >= 0.3 is 0 Å². The summed E-state index contributed by atoms with van der Waals surface area (Å²) in [4.78, 5) is 0.